The second-order valence-electron chi connectivity index (χ2n) is 10.8. The molecule has 4 atom stereocenters. The molecule has 12 heteroatoms. The third-order valence-electron chi connectivity index (χ3n) is 7.61. The first-order valence-electron chi connectivity index (χ1n) is 13.9. The van der Waals surface area contributed by atoms with Crippen LogP contribution >= 0.6 is 11.6 Å². The predicted octanol–water partition coefficient (Wildman–Crippen LogP) is 2.76. The second-order valence-corrected chi connectivity index (χ2v) is 11.2. The molecule has 1 aliphatic carbocycles. The van der Waals surface area contributed by atoms with Gasteiger partial charge in [-0.1, -0.05) is 30.9 Å². The Morgan fingerprint density at radius 3 is 2.58 bits per heavy atom. The van der Waals surface area contributed by atoms with E-state index in [1.807, 2.05) is 0 Å². The summed E-state index contributed by atoms with van der Waals surface area (Å²) in [7, 11) is 0. The van der Waals surface area contributed by atoms with Crippen LogP contribution in [0.5, 0.6) is 0 Å². The van der Waals surface area contributed by atoms with E-state index in [0.717, 1.165) is 12.8 Å². The van der Waals surface area contributed by atoms with Crippen molar-refractivity contribution in [3.05, 3.63) is 28.8 Å². The number of carbonyl (C=O) groups excluding carboxylic acids is 5. The van der Waals surface area contributed by atoms with E-state index in [1.54, 1.807) is 6.92 Å². The number of hydrogen-bond donors (Lipinski definition) is 3. The van der Waals surface area contributed by atoms with Gasteiger partial charge in [-0.05, 0) is 56.7 Å². The summed E-state index contributed by atoms with van der Waals surface area (Å²) in [5, 5.41) is 8.29. The van der Waals surface area contributed by atoms with Gasteiger partial charge >= 0.3 is 5.97 Å². The molecule has 11 nitrogen and oxygen atoms in total. The van der Waals surface area contributed by atoms with Crippen LogP contribution in [0.4, 0.5) is 5.69 Å². The van der Waals surface area contributed by atoms with Gasteiger partial charge in [-0.15, -0.1) is 0 Å². The molecule has 1 saturated carbocycles. The van der Waals surface area contributed by atoms with E-state index in [1.165, 1.54) is 49.3 Å². The van der Waals surface area contributed by atoms with Crippen molar-refractivity contribution >= 4 is 46.9 Å². The van der Waals surface area contributed by atoms with E-state index >= 15 is 0 Å². The zero-order valence-electron chi connectivity index (χ0n) is 22.9. The first-order valence-corrected chi connectivity index (χ1v) is 14.3. The molecule has 218 valence electrons. The Labute approximate surface area is 238 Å². The highest BCUT2D eigenvalue weighted by atomic mass is 35.5. The summed E-state index contributed by atoms with van der Waals surface area (Å²) in [6.45, 7) is 3.76. The van der Waals surface area contributed by atoms with Gasteiger partial charge in [0.05, 0.1) is 23.7 Å². The summed E-state index contributed by atoms with van der Waals surface area (Å²) >= 11 is 6.17. The van der Waals surface area contributed by atoms with Crippen LogP contribution in [-0.2, 0) is 28.7 Å². The molecule has 2 heterocycles. The van der Waals surface area contributed by atoms with Crippen LogP contribution < -0.4 is 16.0 Å². The molecule has 2 saturated heterocycles. The molecule has 0 radical (unpaired) electrons. The Hall–Kier alpha value is -3.18. The molecule has 3 aliphatic rings. The van der Waals surface area contributed by atoms with Crippen molar-refractivity contribution in [2.75, 3.05) is 18.5 Å². The van der Waals surface area contributed by atoms with Crippen LogP contribution in [0.3, 0.4) is 0 Å². The molecule has 1 aromatic carbocycles. The third kappa shape index (κ3) is 7.51. The number of nitrogens with one attached hydrogen (secondary N) is 3. The molecule has 4 amide bonds. The van der Waals surface area contributed by atoms with Crippen LogP contribution in [0.2, 0.25) is 5.02 Å². The fourth-order valence-corrected chi connectivity index (χ4v) is 5.74. The number of hydrogen-bond acceptors (Lipinski definition) is 7. The molecule has 0 bridgehead atoms. The predicted molar refractivity (Wildman–Crippen MR) is 146 cm³/mol. The minimum absolute atomic E-state index is 0.0114. The van der Waals surface area contributed by atoms with E-state index in [2.05, 4.69) is 16.0 Å². The van der Waals surface area contributed by atoms with Gasteiger partial charge in [-0.2, -0.15) is 0 Å². The Bertz CT molecular complexity index is 1140. The van der Waals surface area contributed by atoms with Crippen LogP contribution in [0.1, 0.15) is 75.6 Å². The Morgan fingerprint density at radius 1 is 1.12 bits per heavy atom. The first kappa shape index (κ1) is 29.8. The number of amides is 4. The van der Waals surface area contributed by atoms with Gasteiger partial charge < -0.3 is 30.3 Å². The highest BCUT2D eigenvalue weighted by Crippen LogP contribution is 2.27. The Balaban J connectivity index is 1.32. The Morgan fingerprint density at radius 2 is 1.88 bits per heavy atom. The minimum Gasteiger partial charge on any atom is -0.433 e. The standard InChI is InChI=1S/C28H37ClN4O7/c1-16(30-25(36)19-10-11-21(20(29)13-19)31-17(2)34)27(38)33-12-6-9-23(33)26(37)32-22-14-24(35)40-28(22)39-15-18-7-4-3-5-8-18/h10-11,13,16,18,22-23,28H,3-9,12,14-15H2,1-2H3,(H,30,36)(H,31,34)(H,32,37)/t16-,22-,23-,28+/m0/s1. The van der Waals surface area contributed by atoms with Crippen molar-refractivity contribution in [3.63, 3.8) is 0 Å². The van der Waals surface area contributed by atoms with Crippen LogP contribution in [0.15, 0.2) is 18.2 Å². The zero-order chi connectivity index (χ0) is 28.8. The van der Waals surface area contributed by atoms with Crippen molar-refractivity contribution < 1.29 is 33.4 Å². The van der Waals surface area contributed by atoms with Gasteiger partial charge in [0.2, 0.25) is 24.0 Å². The summed E-state index contributed by atoms with van der Waals surface area (Å²) in [6, 6.07) is 2.15. The number of benzene rings is 1. The summed E-state index contributed by atoms with van der Waals surface area (Å²) in [4.78, 5) is 64.0. The number of rotatable bonds is 9. The van der Waals surface area contributed by atoms with E-state index < -0.39 is 42.2 Å². The quantitative estimate of drug-likeness (QED) is 0.384. The maximum Gasteiger partial charge on any atom is 0.310 e. The van der Waals surface area contributed by atoms with Crippen LogP contribution in [0.25, 0.3) is 0 Å². The number of esters is 1. The number of cyclic esters (lactones) is 1. The van der Waals surface area contributed by atoms with Crippen molar-refractivity contribution in [1.82, 2.24) is 15.5 Å². The molecule has 3 fully saturated rings. The SMILES string of the molecule is CC(=O)Nc1ccc(C(=O)N[C@@H](C)C(=O)N2CCC[C@H]2C(=O)N[C@H]2CC(=O)O[C@H]2OCC2CCCCC2)cc1Cl. The van der Waals surface area contributed by atoms with Gasteiger partial charge in [-0.3, -0.25) is 24.0 Å². The maximum absolute atomic E-state index is 13.3. The van der Waals surface area contributed by atoms with Gasteiger partial charge in [0, 0.05) is 19.0 Å². The van der Waals surface area contributed by atoms with Gasteiger partial charge in [-0.25, -0.2) is 0 Å². The number of anilines is 1. The van der Waals surface area contributed by atoms with Crippen molar-refractivity contribution in [2.45, 2.75) is 89.6 Å². The average molecular weight is 577 g/mol. The summed E-state index contributed by atoms with van der Waals surface area (Å²) < 4.78 is 11.2. The van der Waals surface area contributed by atoms with Crippen molar-refractivity contribution in [1.29, 1.82) is 0 Å². The van der Waals surface area contributed by atoms with E-state index in [0.29, 0.717) is 37.6 Å². The van der Waals surface area contributed by atoms with E-state index in [4.69, 9.17) is 21.1 Å². The molecule has 2 aliphatic heterocycles. The zero-order valence-corrected chi connectivity index (χ0v) is 23.6. The topological polar surface area (TPSA) is 143 Å². The normalized spacial score (nSPS) is 23.8. The Kier molecular flexibility index (Phi) is 10.0. The smallest absolute Gasteiger partial charge is 0.310 e. The first-order chi connectivity index (χ1) is 19.1. The molecule has 1 aromatic rings. The minimum atomic E-state index is -0.905. The fraction of sp³-hybridized carbons (Fsp3) is 0.607. The summed E-state index contributed by atoms with van der Waals surface area (Å²) in [5.41, 5.74) is 0.594. The molecular formula is C28H37ClN4O7. The highest BCUT2D eigenvalue weighted by molar-refractivity contribution is 6.34. The lowest BCUT2D eigenvalue weighted by Crippen LogP contribution is -2.54. The average Bonchev–Trinajstić information content (AvgIpc) is 3.55. The summed E-state index contributed by atoms with van der Waals surface area (Å²) in [5.74, 6) is -1.58. The number of halogens is 1. The molecule has 0 unspecified atom stereocenters. The molecule has 0 aromatic heterocycles. The van der Waals surface area contributed by atoms with E-state index in [-0.39, 0.29) is 28.8 Å². The lowest BCUT2D eigenvalue weighted by Gasteiger charge is -2.29. The molecule has 0 spiro atoms. The largest absolute Gasteiger partial charge is 0.433 e. The number of ether oxygens (including phenoxy) is 2. The lowest BCUT2D eigenvalue weighted by molar-refractivity contribution is -0.168. The fourth-order valence-electron chi connectivity index (χ4n) is 5.51. The molecule has 4 rings (SSSR count). The summed E-state index contributed by atoms with van der Waals surface area (Å²) in [6.07, 6.45) is 6.00. The molecule has 3 N–H and O–H groups in total. The number of likely N-dealkylation sites (tertiary alicyclic amines) is 1. The monoisotopic (exact) mass is 576 g/mol. The number of nitrogens with zero attached hydrogens (tertiary/aromatic N) is 1. The third-order valence-corrected chi connectivity index (χ3v) is 7.92. The number of carbonyl (C=O) groups is 5. The van der Waals surface area contributed by atoms with Crippen molar-refractivity contribution in [3.8, 4) is 0 Å². The second kappa shape index (κ2) is 13.5. The van der Waals surface area contributed by atoms with E-state index in [9.17, 15) is 24.0 Å². The van der Waals surface area contributed by atoms with Crippen LogP contribution in [-0.4, -0.2) is 72.1 Å². The highest BCUT2D eigenvalue weighted by Gasteiger charge is 2.41. The molecule has 40 heavy (non-hydrogen) atoms. The van der Waals surface area contributed by atoms with Crippen molar-refractivity contribution in [2.24, 2.45) is 5.92 Å². The lowest BCUT2D eigenvalue weighted by atomic mass is 9.90. The van der Waals surface area contributed by atoms with Crippen LogP contribution in [0, 0.1) is 5.92 Å². The van der Waals surface area contributed by atoms with Gasteiger partial charge in [0.1, 0.15) is 18.1 Å². The maximum atomic E-state index is 13.3. The molecular weight excluding hydrogens is 540 g/mol. The van der Waals surface area contributed by atoms with Gasteiger partial charge in [0.15, 0.2) is 0 Å². The van der Waals surface area contributed by atoms with Gasteiger partial charge in [0.25, 0.3) is 5.91 Å².